The first-order chi connectivity index (χ1) is 19.5. The number of nitrogens with one attached hydrogen (secondary N) is 2. The summed E-state index contributed by atoms with van der Waals surface area (Å²) in [5.74, 6) is -0.00835. The molecule has 1 fully saturated rings. The number of allylic oxidation sites excluding steroid dienone is 4. The Morgan fingerprint density at radius 3 is 2.59 bits per heavy atom. The number of aryl methyl sites for hydroxylation is 1. The van der Waals surface area contributed by atoms with Gasteiger partial charge in [-0.05, 0) is 85.6 Å². The number of rotatable bonds is 9. The van der Waals surface area contributed by atoms with Crippen molar-refractivity contribution >= 4 is 28.9 Å². The molecule has 2 N–H and O–H groups in total. The molecule has 2 aliphatic rings. The Hall–Kier alpha value is -4.48. The summed E-state index contributed by atoms with van der Waals surface area (Å²) in [6.07, 6.45) is 7.20. The zero-order chi connectivity index (χ0) is 29.7. The van der Waals surface area contributed by atoms with Crippen molar-refractivity contribution in [2.24, 2.45) is 0 Å². The maximum Gasteiger partial charge on any atom is 0.255 e. The summed E-state index contributed by atoms with van der Waals surface area (Å²) in [5.41, 5.74) is 5.65. The van der Waals surface area contributed by atoms with E-state index in [0.29, 0.717) is 53.6 Å². The maximum absolute atomic E-state index is 13.2. The zero-order valence-electron chi connectivity index (χ0n) is 24.3. The quantitative estimate of drug-likeness (QED) is 0.448. The normalized spacial score (nSPS) is 15.5. The third kappa shape index (κ3) is 7.38. The predicted octanol–water partition coefficient (Wildman–Crippen LogP) is 4.40. The summed E-state index contributed by atoms with van der Waals surface area (Å²) in [6.45, 7) is 8.01. The third-order valence-corrected chi connectivity index (χ3v) is 7.20. The van der Waals surface area contributed by atoms with E-state index in [4.69, 9.17) is 0 Å². The Kier molecular flexibility index (Phi) is 9.21. The van der Waals surface area contributed by atoms with Crippen LogP contribution in [-0.2, 0) is 9.59 Å². The van der Waals surface area contributed by atoms with Crippen molar-refractivity contribution in [2.75, 3.05) is 39.0 Å². The summed E-state index contributed by atoms with van der Waals surface area (Å²) in [5, 5.41) is 15.9. The van der Waals surface area contributed by atoms with E-state index in [1.165, 1.54) is 5.56 Å². The fourth-order valence-corrected chi connectivity index (χ4v) is 4.96. The molecule has 0 aromatic heterocycles. The lowest BCUT2D eigenvalue weighted by atomic mass is 9.93. The number of ketones is 1. The fraction of sp³-hybridized carbons (Fsp3) is 0.333. The number of benzene rings is 2. The van der Waals surface area contributed by atoms with Crippen LogP contribution >= 0.6 is 0 Å². The number of nitrogens with zero attached hydrogens (tertiary/aromatic N) is 3. The van der Waals surface area contributed by atoms with Gasteiger partial charge >= 0.3 is 0 Å². The molecule has 0 radical (unpaired) electrons. The van der Waals surface area contributed by atoms with Crippen LogP contribution in [0, 0.1) is 18.3 Å². The van der Waals surface area contributed by atoms with Crippen LogP contribution in [0.5, 0.6) is 0 Å². The molecule has 0 bridgehead atoms. The maximum atomic E-state index is 13.2. The van der Waals surface area contributed by atoms with Gasteiger partial charge in [-0.25, -0.2) is 0 Å². The van der Waals surface area contributed by atoms with Crippen LogP contribution in [-0.4, -0.2) is 67.2 Å². The molecular weight excluding hydrogens is 514 g/mol. The van der Waals surface area contributed by atoms with Crippen LogP contribution in [0.3, 0.4) is 0 Å². The summed E-state index contributed by atoms with van der Waals surface area (Å²) < 4.78 is 0. The SMILES string of the molecule is Cc1cc(NC(=O)c2cc(C#N)cc(C3=CCC(=O)C(NC4CN(C(=O)/C=C/CN(C)C)C4)=C3)c2)ccc1C(C)C. The van der Waals surface area contributed by atoms with E-state index in [-0.39, 0.29) is 30.1 Å². The number of likely N-dealkylation sites (tertiary alicyclic amines) is 1. The summed E-state index contributed by atoms with van der Waals surface area (Å²) >= 11 is 0. The van der Waals surface area contributed by atoms with Crippen molar-refractivity contribution in [1.82, 2.24) is 15.1 Å². The molecule has 4 rings (SSSR count). The van der Waals surface area contributed by atoms with Gasteiger partial charge in [0.2, 0.25) is 5.91 Å². The Morgan fingerprint density at radius 1 is 1.17 bits per heavy atom. The van der Waals surface area contributed by atoms with Crippen molar-refractivity contribution in [3.63, 3.8) is 0 Å². The summed E-state index contributed by atoms with van der Waals surface area (Å²) in [4.78, 5) is 41.9. The number of hydrogen-bond donors (Lipinski definition) is 2. The topological polar surface area (TPSA) is 106 Å². The molecule has 41 heavy (non-hydrogen) atoms. The largest absolute Gasteiger partial charge is 0.376 e. The van der Waals surface area contributed by atoms with Gasteiger partial charge in [0, 0.05) is 43.4 Å². The number of hydrogen-bond acceptors (Lipinski definition) is 6. The van der Waals surface area contributed by atoms with Gasteiger partial charge in [0.25, 0.3) is 5.91 Å². The lowest BCUT2D eigenvalue weighted by Gasteiger charge is -2.40. The van der Waals surface area contributed by atoms with Gasteiger partial charge < -0.3 is 20.4 Å². The van der Waals surface area contributed by atoms with E-state index < -0.39 is 0 Å². The molecule has 1 saturated heterocycles. The Morgan fingerprint density at radius 2 is 1.93 bits per heavy atom. The van der Waals surface area contributed by atoms with E-state index in [9.17, 15) is 19.6 Å². The fourth-order valence-electron chi connectivity index (χ4n) is 4.96. The van der Waals surface area contributed by atoms with Crippen molar-refractivity contribution in [3.8, 4) is 6.07 Å². The number of carbonyl (C=O) groups is 3. The van der Waals surface area contributed by atoms with Crippen molar-refractivity contribution < 1.29 is 14.4 Å². The van der Waals surface area contributed by atoms with Crippen LogP contribution in [0.25, 0.3) is 5.57 Å². The lowest BCUT2D eigenvalue weighted by molar-refractivity contribution is -0.130. The standard InChI is InChI=1S/C33H37N5O3/c1-21(2)29-10-9-27(13-22(29)3)36-33(41)26-15-23(18-34)14-25(16-26)24-8-11-31(39)30(17-24)35-28-19-38(20-28)32(40)7-6-12-37(4)5/h6-10,13-17,21,28,35H,11-12,19-20H2,1-5H3,(H,36,41)/b7-6+. The predicted molar refractivity (Wildman–Crippen MR) is 161 cm³/mol. The van der Waals surface area contributed by atoms with Gasteiger partial charge in [0.1, 0.15) is 0 Å². The minimum Gasteiger partial charge on any atom is -0.376 e. The van der Waals surface area contributed by atoms with E-state index in [1.807, 2.05) is 56.3 Å². The molecule has 8 nitrogen and oxygen atoms in total. The number of amides is 2. The van der Waals surface area contributed by atoms with Crippen LogP contribution in [0.2, 0.25) is 0 Å². The number of carbonyl (C=O) groups excluding carboxylic acids is 3. The molecule has 0 spiro atoms. The third-order valence-electron chi connectivity index (χ3n) is 7.20. The zero-order valence-corrected chi connectivity index (χ0v) is 24.3. The first-order valence-corrected chi connectivity index (χ1v) is 13.8. The molecule has 212 valence electrons. The Bertz CT molecular complexity index is 1490. The average Bonchev–Trinajstić information content (AvgIpc) is 2.90. The highest BCUT2D eigenvalue weighted by Gasteiger charge is 2.31. The highest BCUT2D eigenvalue weighted by atomic mass is 16.2. The van der Waals surface area contributed by atoms with Crippen LogP contribution in [0.4, 0.5) is 5.69 Å². The Balaban J connectivity index is 1.46. The molecule has 0 unspecified atom stereocenters. The highest BCUT2D eigenvalue weighted by molar-refractivity contribution is 6.06. The van der Waals surface area contributed by atoms with Crippen molar-refractivity contribution in [3.05, 3.63) is 94.2 Å². The first-order valence-electron chi connectivity index (χ1n) is 13.8. The molecule has 1 aliphatic heterocycles. The van der Waals surface area contributed by atoms with Crippen molar-refractivity contribution in [2.45, 2.75) is 39.2 Å². The minimum atomic E-state index is -0.311. The highest BCUT2D eigenvalue weighted by Crippen LogP contribution is 2.27. The number of anilines is 1. The summed E-state index contributed by atoms with van der Waals surface area (Å²) in [6, 6.07) is 13.0. The van der Waals surface area contributed by atoms with E-state index in [1.54, 1.807) is 35.3 Å². The van der Waals surface area contributed by atoms with E-state index in [0.717, 1.165) is 11.1 Å². The van der Waals surface area contributed by atoms with E-state index >= 15 is 0 Å². The summed E-state index contributed by atoms with van der Waals surface area (Å²) in [7, 11) is 3.88. The van der Waals surface area contributed by atoms with Gasteiger partial charge in [-0.1, -0.05) is 32.1 Å². The van der Waals surface area contributed by atoms with Gasteiger partial charge in [0.15, 0.2) is 5.78 Å². The smallest absolute Gasteiger partial charge is 0.255 e. The van der Waals surface area contributed by atoms with Crippen LogP contribution in [0.15, 0.2) is 66.4 Å². The molecule has 0 saturated carbocycles. The van der Waals surface area contributed by atoms with Gasteiger partial charge in [0.05, 0.1) is 23.4 Å². The molecule has 2 aromatic carbocycles. The molecule has 1 heterocycles. The lowest BCUT2D eigenvalue weighted by Crippen LogP contribution is -2.59. The van der Waals surface area contributed by atoms with E-state index in [2.05, 4.69) is 30.6 Å². The minimum absolute atomic E-state index is 0.0203. The first kappa shape index (κ1) is 29.5. The number of likely N-dealkylation sites (N-methyl/N-ethyl adjacent to an activating group) is 1. The monoisotopic (exact) mass is 551 g/mol. The van der Waals surface area contributed by atoms with Crippen molar-refractivity contribution in [1.29, 1.82) is 5.26 Å². The molecule has 8 heteroatoms. The second kappa shape index (κ2) is 12.8. The van der Waals surface area contributed by atoms with Crippen LogP contribution < -0.4 is 10.6 Å². The molecule has 2 aromatic rings. The average molecular weight is 552 g/mol. The van der Waals surface area contributed by atoms with Gasteiger partial charge in [-0.2, -0.15) is 5.26 Å². The van der Waals surface area contributed by atoms with Gasteiger partial charge in [-0.3, -0.25) is 14.4 Å². The van der Waals surface area contributed by atoms with Crippen LogP contribution in [0.1, 0.15) is 58.8 Å². The van der Waals surface area contributed by atoms with Gasteiger partial charge in [-0.15, -0.1) is 0 Å². The number of Topliss-reactive ketones (excluding diaryl/α,β-unsaturated/α-hetero) is 1. The second-order valence-corrected chi connectivity index (χ2v) is 11.2. The Labute approximate surface area is 242 Å². The molecular formula is C33H37N5O3. The molecule has 0 atom stereocenters. The molecule has 2 amide bonds. The second-order valence-electron chi connectivity index (χ2n) is 11.2. The number of nitriles is 1. The molecule has 1 aliphatic carbocycles.